The zero-order valence-corrected chi connectivity index (χ0v) is 21.3. The van der Waals surface area contributed by atoms with Crippen LogP contribution in [0.4, 0.5) is 13.2 Å². The Labute approximate surface area is 214 Å². The van der Waals surface area contributed by atoms with Crippen LogP contribution in [0.15, 0.2) is 15.1 Å². The molecule has 1 aliphatic carbocycles. The quantitative estimate of drug-likeness (QED) is 0.583. The summed E-state index contributed by atoms with van der Waals surface area (Å²) < 4.78 is 41.0. The molecule has 5 rings (SSSR count). The maximum Gasteiger partial charge on any atom is 0.490 e. The lowest BCUT2D eigenvalue weighted by atomic mass is 9.89. The van der Waals surface area contributed by atoms with Gasteiger partial charge < -0.3 is 9.84 Å². The standard InChI is InChI=1S/C21H29N5O3S.C2HF3O2/c1-15-17(30-14-22-15)10-24-8-7-21(12-24)13-25-18(11-29-21)23-26(20(28)19(25)27)9-16-5-3-2-4-6-16;3-2(4,5)1(6)7/h14,16H,2-13H2,1H3;(H,6,7). The Morgan fingerprint density at radius 3 is 2.54 bits per heavy atom. The number of aliphatic carboxylic acids is 1. The fraction of sp³-hybridized carbons (Fsp3) is 0.696. The van der Waals surface area contributed by atoms with Crippen LogP contribution in [0.5, 0.6) is 0 Å². The highest BCUT2D eigenvalue weighted by molar-refractivity contribution is 7.09. The van der Waals surface area contributed by atoms with Crippen LogP contribution in [0.25, 0.3) is 0 Å². The summed E-state index contributed by atoms with van der Waals surface area (Å²) in [5.41, 5.74) is 1.61. The van der Waals surface area contributed by atoms with Crippen molar-refractivity contribution in [1.29, 1.82) is 0 Å². The van der Waals surface area contributed by atoms with Crippen molar-refractivity contribution in [1.82, 2.24) is 24.2 Å². The van der Waals surface area contributed by atoms with E-state index in [9.17, 15) is 22.8 Å². The van der Waals surface area contributed by atoms with Crippen molar-refractivity contribution in [3.8, 4) is 0 Å². The second kappa shape index (κ2) is 11.0. The number of fused-ring (bicyclic) bond motifs is 1. The van der Waals surface area contributed by atoms with Crippen molar-refractivity contribution in [2.75, 3.05) is 13.1 Å². The summed E-state index contributed by atoms with van der Waals surface area (Å²) in [5.74, 6) is -1.73. The molecule has 0 amide bonds. The van der Waals surface area contributed by atoms with Gasteiger partial charge in [-0.2, -0.15) is 18.3 Å². The van der Waals surface area contributed by atoms with Crippen LogP contribution in [0, 0.1) is 12.8 Å². The van der Waals surface area contributed by atoms with E-state index in [1.54, 1.807) is 15.9 Å². The lowest BCUT2D eigenvalue weighted by Gasteiger charge is -2.35. The molecule has 0 aromatic carbocycles. The number of carbonyl (C=O) groups is 1. The van der Waals surface area contributed by atoms with Gasteiger partial charge in [-0.05, 0) is 32.1 Å². The number of alkyl halides is 3. The summed E-state index contributed by atoms with van der Waals surface area (Å²) >= 11 is 1.68. The number of thiazole rings is 1. The Bertz CT molecular complexity index is 1240. The molecule has 2 aromatic rings. The molecule has 204 valence electrons. The van der Waals surface area contributed by atoms with Crippen molar-refractivity contribution >= 4 is 17.3 Å². The maximum atomic E-state index is 12.9. The number of likely N-dealkylation sites (tertiary alicyclic amines) is 1. The topological polar surface area (TPSA) is 120 Å². The summed E-state index contributed by atoms with van der Waals surface area (Å²) in [6.45, 7) is 5.79. The highest BCUT2D eigenvalue weighted by atomic mass is 32.1. The number of nitrogens with zero attached hydrogens (tertiary/aromatic N) is 5. The van der Waals surface area contributed by atoms with E-state index in [0.29, 0.717) is 24.8 Å². The summed E-state index contributed by atoms with van der Waals surface area (Å²) in [5, 5.41) is 11.7. The number of carboxylic acids is 1. The predicted octanol–water partition coefficient (Wildman–Crippen LogP) is 2.56. The van der Waals surface area contributed by atoms with Gasteiger partial charge in [-0.1, -0.05) is 19.3 Å². The molecular formula is C23H30F3N5O5S. The van der Waals surface area contributed by atoms with Gasteiger partial charge in [0.15, 0.2) is 5.82 Å². The molecule has 2 aliphatic heterocycles. The van der Waals surface area contributed by atoms with E-state index in [4.69, 9.17) is 14.6 Å². The van der Waals surface area contributed by atoms with Gasteiger partial charge in [0.25, 0.3) is 0 Å². The Morgan fingerprint density at radius 2 is 1.92 bits per heavy atom. The number of halogens is 3. The first kappa shape index (κ1) is 27.5. The molecule has 1 atom stereocenters. The Morgan fingerprint density at radius 1 is 1.22 bits per heavy atom. The van der Waals surface area contributed by atoms with Crippen LogP contribution >= 0.6 is 11.3 Å². The normalized spacial score (nSPS) is 22.5. The van der Waals surface area contributed by atoms with Gasteiger partial charge in [0.05, 0.1) is 17.7 Å². The molecule has 2 fully saturated rings. The monoisotopic (exact) mass is 545 g/mol. The summed E-state index contributed by atoms with van der Waals surface area (Å²) in [7, 11) is 0. The molecule has 2 aromatic heterocycles. The van der Waals surface area contributed by atoms with Crippen molar-refractivity contribution < 1.29 is 27.8 Å². The van der Waals surface area contributed by atoms with E-state index in [1.807, 2.05) is 12.4 Å². The number of hydrogen-bond acceptors (Lipinski definition) is 8. The fourth-order valence-corrected chi connectivity index (χ4v) is 5.95. The van der Waals surface area contributed by atoms with E-state index in [-0.39, 0.29) is 6.61 Å². The number of ether oxygens (including phenoxy) is 1. The molecule has 1 spiro atoms. The predicted molar refractivity (Wildman–Crippen MR) is 127 cm³/mol. The highest BCUT2D eigenvalue weighted by Crippen LogP contribution is 2.32. The van der Waals surface area contributed by atoms with Crippen LogP contribution in [0.3, 0.4) is 0 Å². The molecule has 1 saturated carbocycles. The summed E-state index contributed by atoms with van der Waals surface area (Å²) in [6, 6.07) is 0. The Hall–Kier alpha value is -2.58. The smallest absolute Gasteiger partial charge is 0.475 e. The minimum atomic E-state index is -5.08. The van der Waals surface area contributed by atoms with Crippen LogP contribution < -0.4 is 11.1 Å². The van der Waals surface area contributed by atoms with Crippen molar-refractivity contribution in [2.45, 2.75) is 83.5 Å². The van der Waals surface area contributed by atoms with Crippen LogP contribution in [-0.2, 0) is 35.8 Å². The minimum absolute atomic E-state index is 0.285. The molecule has 4 heterocycles. The van der Waals surface area contributed by atoms with Gasteiger partial charge >= 0.3 is 23.3 Å². The molecular weight excluding hydrogens is 515 g/mol. The Balaban J connectivity index is 0.000000405. The van der Waals surface area contributed by atoms with Gasteiger partial charge in [0.1, 0.15) is 12.2 Å². The first-order chi connectivity index (χ1) is 17.5. The van der Waals surface area contributed by atoms with Gasteiger partial charge in [-0.3, -0.25) is 19.1 Å². The van der Waals surface area contributed by atoms with Gasteiger partial charge in [-0.15, -0.1) is 11.3 Å². The molecule has 1 saturated heterocycles. The van der Waals surface area contributed by atoms with E-state index >= 15 is 0 Å². The third-order valence-electron chi connectivity index (χ3n) is 7.17. The van der Waals surface area contributed by atoms with Gasteiger partial charge in [0, 0.05) is 31.1 Å². The molecule has 1 unspecified atom stereocenters. The Kier molecular flexibility index (Phi) is 8.19. The first-order valence-electron chi connectivity index (χ1n) is 12.2. The third kappa shape index (κ3) is 6.47. The number of aryl methyl sites for hydroxylation is 1. The van der Waals surface area contributed by atoms with E-state index in [1.165, 1.54) is 28.8 Å². The molecule has 1 N–H and O–H groups in total. The van der Waals surface area contributed by atoms with Crippen molar-refractivity contribution in [3.05, 3.63) is 42.6 Å². The second-order valence-corrected chi connectivity index (χ2v) is 10.8. The molecule has 10 nitrogen and oxygen atoms in total. The largest absolute Gasteiger partial charge is 0.490 e. The summed E-state index contributed by atoms with van der Waals surface area (Å²) in [6.07, 6.45) is 1.66. The van der Waals surface area contributed by atoms with E-state index in [2.05, 4.69) is 15.0 Å². The van der Waals surface area contributed by atoms with Crippen LogP contribution in [0.1, 0.15) is 54.9 Å². The zero-order valence-electron chi connectivity index (χ0n) is 20.5. The average Bonchev–Trinajstić information content (AvgIpc) is 3.44. The first-order valence-corrected chi connectivity index (χ1v) is 13.1. The summed E-state index contributed by atoms with van der Waals surface area (Å²) in [4.78, 5) is 42.5. The van der Waals surface area contributed by atoms with Crippen molar-refractivity contribution in [2.24, 2.45) is 5.92 Å². The number of hydrogen-bond donors (Lipinski definition) is 1. The average molecular weight is 546 g/mol. The van der Waals surface area contributed by atoms with Crippen LogP contribution in [-0.4, -0.2) is 60.2 Å². The SMILES string of the molecule is Cc1ncsc1CN1CCC2(C1)Cn1c(nn(CC3CCCCC3)c(=O)c1=O)CO2.O=C(O)C(F)(F)F. The van der Waals surface area contributed by atoms with Crippen LogP contribution in [0.2, 0.25) is 0 Å². The number of carboxylic acid groups (broad SMARTS) is 1. The fourth-order valence-electron chi connectivity index (χ4n) is 5.13. The van der Waals surface area contributed by atoms with Gasteiger partial charge in [0.2, 0.25) is 0 Å². The highest BCUT2D eigenvalue weighted by Gasteiger charge is 2.43. The lowest BCUT2D eigenvalue weighted by molar-refractivity contribution is -0.192. The molecule has 0 radical (unpaired) electrons. The molecule has 37 heavy (non-hydrogen) atoms. The number of rotatable bonds is 4. The molecule has 0 bridgehead atoms. The van der Waals surface area contributed by atoms with E-state index in [0.717, 1.165) is 44.6 Å². The molecule has 14 heteroatoms. The van der Waals surface area contributed by atoms with E-state index < -0.39 is 28.9 Å². The number of aromatic nitrogens is 4. The maximum absolute atomic E-state index is 12.9. The van der Waals surface area contributed by atoms with Gasteiger partial charge in [-0.25, -0.2) is 14.5 Å². The lowest BCUT2D eigenvalue weighted by Crippen LogP contribution is -2.53. The minimum Gasteiger partial charge on any atom is -0.475 e. The second-order valence-electron chi connectivity index (χ2n) is 9.90. The molecule has 3 aliphatic rings. The zero-order chi connectivity index (χ0) is 26.8. The third-order valence-corrected chi connectivity index (χ3v) is 8.09. The van der Waals surface area contributed by atoms with Crippen molar-refractivity contribution in [3.63, 3.8) is 0 Å².